The maximum Gasteiger partial charge on any atom is 0.197 e. The molecule has 0 aromatic carbocycles. The molecule has 0 spiro atoms. The summed E-state index contributed by atoms with van der Waals surface area (Å²) in [5.41, 5.74) is 8.37. The van der Waals surface area contributed by atoms with E-state index in [-0.39, 0.29) is 5.75 Å². The molecule has 0 radical (unpaired) electrons. The Morgan fingerprint density at radius 2 is 2.08 bits per heavy atom. The van der Waals surface area contributed by atoms with Gasteiger partial charge in [0.2, 0.25) is 0 Å². The molecule has 7 nitrogen and oxygen atoms in total. The second kappa shape index (κ2) is 6.48. The molecule has 0 aliphatic carbocycles. The number of rotatable bonds is 4. The van der Waals surface area contributed by atoms with Crippen LogP contribution in [0, 0.1) is 0 Å². The molecule has 3 aromatic rings. The molecule has 0 saturated carbocycles. The van der Waals surface area contributed by atoms with E-state index in [0.29, 0.717) is 16.7 Å². The number of nitrogens with two attached hydrogens (primary N) is 1. The van der Waals surface area contributed by atoms with Crippen LogP contribution in [-0.4, -0.2) is 37.2 Å². The largest absolute Gasteiger partial charge is 0.394 e. The van der Waals surface area contributed by atoms with Crippen LogP contribution in [-0.2, 0) is 16.6 Å². The first-order valence-corrected chi connectivity index (χ1v) is 10.1. The number of aromatic nitrogens is 4. The van der Waals surface area contributed by atoms with Gasteiger partial charge in [0.05, 0.1) is 34.0 Å². The highest BCUT2D eigenvalue weighted by molar-refractivity contribution is 7.84. The smallest absolute Gasteiger partial charge is 0.197 e. The second-order valence-corrected chi connectivity index (χ2v) is 7.93. The van der Waals surface area contributed by atoms with Crippen molar-refractivity contribution in [2.24, 2.45) is 0 Å². The van der Waals surface area contributed by atoms with Crippen molar-refractivity contribution in [1.29, 1.82) is 0 Å². The standard InChI is InChI=1S/C15H18N6OS2/c16-10-6-17-13(20-14(10)21-4-2-1-3-5-21)9-24(22)15-18-11-7-23-8-12(11)19-15/h6-8H,1-5,9,16H2,(H,18,19). The van der Waals surface area contributed by atoms with Crippen LogP contribution in [0.5, 0.6) is 0 Å². The van der Waals surface area contributed by atoms with Crippen molar-refractivity contribution < 1.29 is 4.21 Å². The van der Waals surface area contributed by atoms with Gasteiger partial charge in [-0.15, -0.1) is 11.3 Å². The molecule has 0 amide bonds. The number of aromatic amines is 1. The summed E-state index contributed by atoms with van der Waals surface area (Å²) in [6, 6.07) is 0. The van der Waals surface area contributed by atoms with E-state index in [1.807, 2.05) is 10.8 Å². The average molecular weight is 362 g/mol. The first kappa shape index (κ1) is 15.5. The molecule has 1 saturated heterocycles. The van der Waals surface area contributed by atoms with Crippen molar-refractivity contribution >= 4 is 44.7 Å². The highest BCUT2D eigenvalue weighted by Gasteiger charge is 2.18. The van der Waals surface area contributed by atoms with E-state index in [4.69, 9.17) is 5.73 Å². The number of imidazole rings is 1. The second-order valence-electron chi connectivity index (χ2n) is 5.82. The van der Waals surface area contributed by atoms with E-state index in [9.17, 15) is 4.21 Å². The van der Waals surface area contributed by atoms with E-state index in [1.165, 1.54) is 6.42 Å². The van der Waals surface area contributed by atoms with Gasteiger partial charge in [-0.05, 0) is 19.3 Å². The summed E-state index contributed by atoms with van der Waals surface area (Å²) in [4.78, 5) is 18.5. The molecule has 3 aromatic heterocycles. The van der Waals surface area contributed by atoms with Gasteiger partial charge in [-0.3, -0.25) is 4.21 Å². The number of nitrogens with zero attached hydrogens (tertiary/aromatic N) is 4. The monoisotopic (exact) mass is 362 g/mol. The van der Waals surface area contributed by atoms with E-state index in [2.05, 4.69) is 24.8 Å². The molecular formula is C15H18N6OS2. The molecule has 0 bridgehead atoms. The molecular weight excluding hydrogens is 344 g/mol. The van der Waals surface area contributed by atoms with E-state index < -0.39 is 10.8 Å². The van der Waals surface area contributed by atoms with Gasteiger partial charge in [0, 0.05) is 23.8 Å². The number of H-pyrrole nitrogens is 1. The SMILES string of the molecule is Nc1cnc(CS(=O)c2nc3cscc3[nH]2)nc1N1CCCCC1. The maximum absolute atomic E-state index is 12.6. The fourth-order valence-corrected chi connectivity index (χ4v) is 4.49. The summed E-state index contributed by atoms with van der Waals surface area (Å²) in [6.45, 7) is 1.91. The van der Waals surface area contributed by atoms with Gasteiger partial charge in [-0.25, -0.2) is 15.0 Å². The lowest BCUT2D eigenvalue weighted by Gasteiger charge is -2.28. The van der Waals surface area contributed by atoms with Gasteiger partial charge in [-0.2, -0.15) is 0 Å². The number of nitrogen functional groups attached to an aromatic ring is 1. The molecule has 4 heterocycles. The van der Waals surface area contributed by atoms with Gasteiger partial charge >= 0.3 is 0 Å². The van der Waals surface area contributed by atoms with Crippen LogP contribution < -0.4 is 10.6 Å². The summed E-state index contributed by atoms with van der Waals surface area (Å²) >= 11 is 1.57. The van der Waals surface area contributed by atoms with Crippen LogP contribution in [0.25, 0.3) is 11.0 Å². The van der Waals surface area contributed by atoms with E-state index in [0.717, 1.165) is 42.8 Å². The Kier molecular flexibility index (Phi) is 4.19. The third kappa shape index (κ3) is 3.01. The van der Waals surface area contributed by atoms with E-state index >= 15 is 0 Å². The van der Waals surface area contributed by atoms with Crippen LogP contribution in [0.15, 0.2) is 22.1 Å². The lowest BCUT2D eigenvalue weighted by Crippen LogP contribution is -2.31. The Labute approximate surface area is 145 Å². The third-order valence-corrected chi connectivity index (χ3v) is 5.96. The van der Waals surface area contributed by atoms with Crippen LogP contribution >= 0.6 is 11.3 Å². The van der Waals surface area contributed by atoms with Crippen molar-refractivity contribution in [2.75, 3.05) is 23.7 Å². The normalized spacial score (nSPS) is 16.6. The molecule has 9 heteroatoms. The molecule has 1 aliphatic heterocycles. The first-order valence-electron chi connectivity index (χ1n) is 7.87. The summed E-state index contributed by atoms with van der Waals surface area (Å²) in [6.07, 6.45) is 5.15. The zero-order valence-corrected chi connectivity index (χ0v) is 14.7. The Hall–Kier alpha value is -2.00. The lowest BCUT2D eigenvalue weighted by molar-refractivity contribution is 0.573. The number of fused-ring (bicyclic) bond motifs is 1. The fraction of sp³-hybridized carbons (Fsp3) is 0.400. The topological polar surface area (TPSA) is 101 Å². The summed E-state index contributed by atoms with van der Waals surface area (Å²) in [5, 5.41) is 4.35. The molecule has 4 rings (SSSR count). The minimum atomic E-state index is -1.31. The fourth-order valence-electron chi connectivity index (χ4n) is 2.86. The van der Waals surface area contributed by atoms with Crippen molar-refractivity contribution in [3.63, 3.8) is 0 Å². The predicted octanol–water partition coefficient (Wildman–Crippen LogP) is 2.29. The molecule has 24 heavy (non-hydrogen) atoms. The van der Waals surface area contributed by atoms with Crippen molar-refractivity contribution in [1.82, 2.24) is 19.9 Å². The number of anilines is 2. The molecule has 126 valence electrons. The quantitative estimate of drug-likeness (QED) is 0.738. The van der Waals surface area contributed by atoms with Gasteiger partial charge in [-0.1, -0.05) is 0 Å². The number of nitrogens with one attached hydrogen (secondary N) is 1. The minimum absolute atomic E-state index is 0.223. The Morgan fingerprint density at radius 1 is 1.25 bits per heavy atom. The molecule has 1 atom stereocenters. The highest BCUT2D eigenvalue weighted by Crippen LogP contribution is 2.24. The Balaban J connectivity index is 1.55. The number of hydrogen-bond acceptors (Lipinski definition) is 7. The van der Waals surface area contributed by atoms with Gasteiger partial charge in [0.25, 0.3) is 0 Å². The Bertz CT molecular complexity index is 855. The van der Waals surface area contributed by atoms with Gasteiger partial charge in [0.1, 0.15) is 11.3 Å². The number of thiophene rings is 1. The number of hydrogen-bond donors (Lipinski definition) is 2. The van der Waals surface area contributed by atoms with Crippen molar-refractivity contribution in [3.8, 4) is 0 Å². The summed E-state index contributed by atoms with van der Waals surface area (Å²) in [5.74, 6) is 1.51. The molecule has 1 fully saturated rings. The van der Waals surface area contributed by atoms with Crippen LogP contribution in [0.3, 0.4) is 0 Å². The minimum Gasteiger partial charge on any atom is -0.394 e. The van der Waals surface area contributed by atoms with Crippen molar-refractivity contribution in [3.05, 3.63) is 22.8 Å². The van der Waals surface area contributed by atoms with Gasteiger partial charge in [0.15, 0.2) is 11.0 Å². The average Bonchev–Trinajstić information content (AvgIpc) is 3.19. The summed E-state index contributed by atoms with van der Waals surface area (Å²) < 4.78 is 12.6. The van der Waals surface area contributed by atoms with Crippen LogP contribution in [0.2, 0.25) is 0 Å². The van der Waals surface area contributed by atoms with Crippen LogP contribution in [0.1, 0.15) is 25.1 Å². The first-order chi connectivity index (χ1) is 11.7. The molecule has 1 unspecified atom stereocenters. The predicted molar refractivity (Wildman–Crippen MR) is 96.6 cm³/mol. The Morgan fingerprint density at radius 3 is 2.88 bits per heavy atom. The third-order valence-electron chi connectivity index (χ3n) is 4.08. The van der Waals surface area contributed by atoms with Crippen molar-refractivity contribution in [2.45, 2.75) is 30.2 Å². The van der Waals surface area contributed by atoms with Gasteiger partial charge < -0.3 is 15.6 Å². The molecule has 3 N–H and O–H groups in total. The zero-order valence-electron chi connectivity index (χ0n) is 13.1. The molecule has 1 aliphatic rings. The summed E-state index contributed by atoms with van der Waals surface area (Å²) in [7, 11) is -1.31. The lowest BCUT2D eigenvalue weighted by atomic mass is 10.1. The van der Waals surface area contributed by atoms with Crippen LogP contribution in [0.4, 0.5) is 11.5 Å². The zero-order chi connectivity index (χ0) is 16.5. The van der Waals surface area contributed by atoms with E-state index in [1.54, 1.807) is 17.5 Å². The number of piperidine rings is 1. The highest BCUT2D eigenvalue weighted by atomic mass is 32.2. The maximum atomic E-state index is 12.6.